The molecule has 0 amide bonds. The summed E-state index contributed by atoms with van der Waals surface area (Å²) in [6.07, 6.45) is -1.94. The summed E-state index contributed by atoms with van der Waals surface area (Å²) in [6, 6.07) is 10.6. The first kappa shape index (κ1) is 21.0. The van der Waals surface area contributed by atoms with Gasteiger partial charge in [-0.2, -0.15) is 18.3 Å². The molecule has 0 radical (unpaired) electrons. The lowest BCUT2D eigenvalue weighted by atomic mass is 10.0. The maximum atomic E-state index is 13.3. The van der Waals surface area contributed by atoms with E-state index >= 15 is 0 Å². The number of benzene rings is 2. The molecule has 2 aliphatic rings. The molecule has 1 aliphatic heterocycles. The zero-order valence-electron chi connectivity index (χ0n) is 18.2. The molecule has 5 rings (SSSR count). The van der Waals surface area contributed by atoms with Crippen LogP contribution in [0.1, 0.15) is 35.2 Å². The second-order valence-corrected chi connectivity index (χ2v) is 8.93. The molecule has 1 saturated carbocycles. The smallest absolute Gasteiger partial charge is 0.368 e. The lowest BCUT2D eigenvalue weighted by Gasteiger charge is -2.35. The largest absolute Gasteiger partial charge is 0.416 e. The van der Waals surface area contributed by atoms with Crippen LogP contribution in [0.2, 0.25) is 0 Å². The van der Waals surface area contributed by atoms with Gasteiger partial charge in [0.05, 0.1) is 11.3 Å². The Morgan fingerprint density at radius 1 is 1.09 bits per heavy atom. The third-order valence-electron chi connectivity index (χ3n) is 6.74. The Balaban J connectivity index is 1.45. The Hall–Kier alpha value is -2.87. The minimum atomic E-state index is -4.37. The van der Waals surface area contributed by atoms with Crippen LogP contribution in [0.4, 0.5) is 24.7 Å². The van der Waals surface area contributed by atoms with E-state index < -0.39 is 11.7 Å². The van der Waals surface area contributed by atoms with Crippen LogP contribution in [0.15, 0.2) is 36.4 Å². The minimum absolute atomic E-state index is 0.230. The second kappa shape index (κ2) is 7.62. The zero-order chi connectivity index (χ0) is 22.5. The third kappa shape index (κ3) is 3.88. The summed E-state index contributed by atoms with van der Waals surface area (Å²) in [5.74, 6) is 0.584. The van der Waals surface area contributed by atoms with Gasteiger partial charge in [-0.1, -0.05) is 18.2 Å². The number of piperazine rings is 1. The highest BCUT2D eigenvalue weighted by molar-refractivity contribution is 5.95. The quantitative estimate of drug-likeness (QED) is 0.608. The molecule has 32 heavy (non-hydrogen) atoms. The maximum absolute atomic E-state index is 13.3. The van der Waals surface area contributed by atoms with Crippen LogP contribution in [0, 0.1) is 13.8 Å². The van der Waals surface area contributed by atoms with Gasteiger partial charge in [0.25, 0.3) is 0 Å². The molecule has 0 bridgehead atoms. The Morgan fingerprint density at radius 2 is 1.91 bits per heavy atom. The van der Waals surface area contributed by atoms with E-state index in [0.29, 0.717) is 11.4 Å². The monoisotopic (exact) mass is 441 g/mol. The average Bonchev–Trinajstić information content (AvgIpc) is 3.51. The summed E-state index contributed by atoms with van der Waals surface area (Å²) in [5, 5.41) is 17.4. The number of fused-ring (bicyclic) bond motifs is 1. The molecular weight excluding hydrogens is 415 g/mol. The average molecular weight is 442 g/mol. The molecule has 0 atom stereocenters. The first-order valence-electron chi connectivity index (χ1n) is 10.9. The molecule has 2 heterocycles. The molecule has 0 unspecified atom stereocenters. The first-order chi connectivity index (χ1) is 15.3. The number of halogens is 3. The van der Waals surface area contributed by atoms with E-state index in [0.717, 1.165) is 47.9 Å². The molecule has 1 aromatic heterocycles. The number of hydrogen-bond donors (Lipinski definition) is 2. The molecule has 1 aliphatic carbocycles. The minimum Gasteiger partial charge on any atom is -0.368 e. The first-order valence-corrected chi connectivity index (χ1v) is 10.9. The molecule has 3 aromatic rings. The zero-order valence-corrected chi connectivity index (χ0v) is 18.2. The molecule has 1 saturated heterocycles. The van der Waals surface area contributed by atoms with Crippen LogP contribution in [-0.2, 0) is 12.7 Å². The molecule has 2 fully saturated rings. The van der Waals surface area contributed by atoms with Gasteiger partial charge in [0.1, 0.15) is 0 Å². The SMILES string of the molecule is Cc1c(CNc2nnc(C)c3ccc(N4CCNC5(CC5)C4)cc23)cccc1C(F)(F)F. The van der Waals surface area contributed by atoms with Gasteiger partial charge in [-0.25, -0.2) is 0 Å². The molecule has 2 aromatic carbocycles. The number of hydrogen-bond acceptors (Lipinski definition) is 5. The van der Waals surface area contributed by atoms with Gasteiger partial charge in [0.2, 0.25) is 0 Å². The Bertz CT molecular complexity index is 1170. The predicted octanol–water partition coefficient (Wildman–Crippen LogP) is 4.82. The van der Waals surface area contributed by atoms with Crippen molar-refractivity contribution in [1.29, 1.82) is 0 Å². The van der Waals surface area contributed by atoms with E-state index in [2.05, 4.69) is 43.9 Å². The standard InChI is InChI=1S/C24H26F3N5/c1-15-17(4-3-5-21(15)24(25,26)27)13-28-22-20-12-18(6-7-19(20)16(2)30-31-22)32-11-10-29-23(14-32)8-9-23/h3-7,12,29H,8-11,13-14H2,1-2H3,(H,28,31). The van der Waals surface area contributed by atoms with Crippen molar-refractivity contribution in [2.45, 2.75) is 44.9 Å². The molecule has 168 valence electrons. The van der Waals surface area contributed by atoms with Crippen molar-refractivity contribution in [3.05, 3.63) is 58.8 Å². The molecule has 8 heteroatoms. The van der Waals surface area contributed by atoms with Gasteiger partial charge >= 0.3 is 6.18 Å². The van der Waals surface area contributed by atoms with E-state index in [1.165, 1.54) is 25.8 Å². The van der Waals surface area contributed by atoms with Crippen molar-refractivity contribution in [2.75, 3.05) is 29.9 Å². The second-order valence-electron chi connectivity index (χ2n) is 8.93. The van der Waals surface area contributed by atoms with Crippen molar-refractivity contribution in [3.63, 3.8) is 0 Å². The van der Waals surface area contributed by atoms with Gasteiger partial charge < -0.3 is 15.5 Å². The van der Waals surface area contributed by atoms with Crippen molar-refractivity contribution >= 4 is 22.3 Å². The van der Waals surface area contributed by atoms with E-state index in [4.69, 9.17) is 0 Å². The van der Waals surface area contributed by atoms with Crippen LogP contribution >= 0.6 is 0 Å². The molecule has 2 N–H and O–H groups in total. The number of anilines is 2. The Morgan fingerprint density at radius 3 is 2.66 bits per heavy atom. The number of aromatic nitrogens is 2. The number of nitrogens with one attached hydrogen (secondary N) is 2. The number of alkyl halides is 3. The maximum Gasteiger partial charge on any atom is 0.416 e. The van der Waals surface area contributed by atoms with Gasteiger partial charge in [0, 0.05) is 48.2 Å². The highest BCUT2D eigenvalue weighted by Crippen LogP contribution is 2.39. The van der Waals surface area contributed by atoms with E-state index in [-0.39, 0.29) is 17.6 Å². The van der Waals surface area contributed by atoms with Crippen molar-refractivity contribution in [2.24, 2.45) is 0 Å². The summed E-state index contributed by atoms with van der Waals surface area (Å²) < 4.78 is 39.8. The lowest BCUT2D eigenvalue weighted by molar-refractivity contribution is -0.138. The Kier molecular flexibility index (Phi) is 5.00. The predicted molar refractivity (Wildman–Crippen MR) is 120 cm³/mol. The van der Waals surface area contributed by atoms with Crippen molar-refractivity contribution in [3.8, 4) is 0 Å². The van der Waals surface area contributed by atoms with Gasteiger partial charge in [-0.3, -0.25) is 0 Å². The summed E-state index contributed by atoms with van der Waals surface area (Å²) in [5.41, 5.74) is 2.44. The molecule has 1 spiro atoms. The van der Waals surface area contributed by atoms with Gasteiger partial charge in [-0.05, 0) is 56.0 Å². The summed E-state index contributed by atoms with van der Waals surface area (Å²) in [4.78, 5) is 2.40. The lowest BCUT2D eigenvalue weighted by Crippen LogP contribution is -2.52. The fraction of sp³-hybridized carbons (Fsp3) is 0.417. The highest BCUT2D eigenvalue weighted by atomic mass is 19.4. The van der Waals surface area contributed by atoms with Gasteiger partial charge in [0.15, 0.2) is 5.82 Å². The normalized spacial score (nSPS) is 17.7. The number of aryl methyl sites for hydroxylation is 1. The molecular formula is C24H26F3N5. The summed E-state index contributed by atoms with van der Waals surface area (Å²) in [6.45, 7) is 6.56. The Labute approximate surface area is 185 Å². The summed E-state index contributed by atoms with van der Waals surface area (Å²) in [7, 11) is 0. The van der Waals surface area contributed by atoms with Crippen molar-refractivity contribution in [1.82, 2.24) is 15.5 Å². The van der Waals surface area contributed by atoms with Crippen LogP contribution in [0.5, 0.6) is 0 Å². The number of rotatable bonds is 4. The van der Waals surface area contributed by atoms with Crippen LogP contribution in [0.25, 0.3) is 10.8 Å². The highest BCUT2D eigenvalue weighted by Gasteiger charge is 2.45. The van der Waals surface area contributed by atoms with E-state index in [1.54, 1.807) is 6.07 Å². The topological polar surface area (TPSA) is 53.1 Å². The third-order valence-corrected chi connectivity index (χ3v) is 6.74. The van der Waals surface area contributed by atoms with Gasteiger partial charge in [-0.15, -0.1) is 5.10 Å². The van der Waals surface area contributed by atoms with Crippen LogP contribution < -0.4 is 15.5 Å². The fourth-order valence-electron chi connectivity index (χ4n) is 4.63. The van der Waals surface area contributed by atoms with Crippen molar-refractivity contribution < 1.29 is 13.2 Å². The van der Waals surface area contributed by atoms with E-state index in [9.17, 15) is 13.2 Å². The fourth-order valence-corrected chi connectivity index (χ4v) is 4.63. The number of nitrogens with zero attached hydrogens (tertiary/aromatic N) is 3. The molecule has 5 nitrogen and oxygen atoms in total. The van der Waals surface area contributed by atoms with Crippen LogP contribution in [0.3, 0.4) is 0 Å². The van der Waals surface area contributed by atoms with E-state index in [1.807, 2.05) is 6.92 Å². The summed E-state index contributed by atoms with van der Waals surface area (Å²) >= 11 is 0. The van der Waals surface area contributed by atoms with Crippen LogP contribution in [-0.4, -0.2) is 35.4 Å².